The Balaban J connectivity index is 1.09. The summed E-state index contributed by atoms with van der Waals surface area (Å²) in [5.74, 6) is 0. The predicted octanol–water partition coefficient (Wildman–Crippen LogP) is 16.8. The molecule has 0 spiro atoms. The largest absolute Gasteiger partial charge is 0.455 e. The van der Waals surface area contributed by atoms with Crippen molar-refractivity contribution < 1.29 is 8.83 Å². The summed E-state index contributed by atoms with van der Waals surface area (Å²) in [6.45, 7) is 0. The summed E-state index contributed by atoms with van der Waals surface area (Å²) in [5.41, 5.74) is 15.8. The molecule has 0 aliphatic heterocycles. The number of furan rings is 2. The summed E-state index contributed by atoms with van der Waals surface area (Å²) in [6, 6.07) is 79.8. The number of anilines is 3. The number of hydrogen-bond acceptors (Lipinski definition) is 3. The van der Waals surface area contributed by atoms with Crippen LogP contribution in [-0.4, -0.2) is 0 Å². The third-order valence-electron chi connectivity index (χ3n) is 12.1. The van der Waals surface area contributed by atoms with Crippen molar-refractivity contribution in [1.82, 2.24) is 0 Å². The molecule has 0 N–H and O–H groups in total. The van der Waals surface area contributed by atoms with Gasteiger partial charge in [0, 0.05) is 49.3 Å². The van der Waals surface area contributed by atoms with Crippen molar-refractivity contribution in [3.8, 4) is 44.5 Å². The van der Waals surface area contributed by atoms with Gasteiger partial charge in [-0.1, -0.05) is 176 Å². The molecule has 0 amide bonds. The van der Waals surface area contributed by atoms with Crippen molar-refractivity contribution in [2.45, 2.75) is 0 Å². The molecule has 0 radical (unpaired) electrons. The average molecular weight is 780 g/mol. The van der Waals surface area contributed by atoms with Gasteiger partial charge >= 0.3 is 0 Å². The topological polar surface area (TPSA) is 29.5 Å². The molecule has 0 saturated carbocycles. The van der Waals surface area contributed by atoms with E-state index in [0.29, 0.717) is 0 Å². The first-order valence-electron chi connectivity index (χ1n) is 20.7. The van der Waals surface area contributed by atoms with Crippen molar-refractivity contribution in [3.63, 3.8) is 0 Å². The number of para-hydroxylation sites is 2. The summed E-state index contributed by atoms with van der Waals surface area (Å²) in [7, 11) is 0. The smallest absolute Gasteiger partial charge is 0.143 e. The highest BCUT2D eigenvalue weighted by molar-refractivity contribution is 6.23. The van der Waals surface area contributed by atoms with Gasteiger partial charge in [0.2, 0.25) is 0 Å². The van der Waals surface area contributed by atoms with Crippen LogP contribution in [0.25, 0.3) is 99.2 Å². The van der Waals surface area contributed by atoms with Crippen LogP contribution in [0.15, 0.2) is 233 Å². The van der Waals surface area contributed by atoms with Gasteiger partial charge in [0.1, 0.15) is 22.3 Å². The van der Waals surface area contributed by atoms with Gasteiger partial charge in [-0.3, -0.25) is 0 Å². The molecule has 10 aromatic carbocycles. The second-order valence-corrected chi connectivity index (χ2v) is 15.6. The van der Waals surface area contributed by atoms with E-state index >= 15 is 0 Å². The van der Waals surface area contributed by atoms with Crippen molar-refractivity contribution in [2.75, 3.05) is 4.90 Å². The summed E-state index contributed by atoms with van der Waals surface area (Å²) in [6.07, 6.45) is 0. The van der Waals surface area contributed by atoms with Gasteiger partial charge in [-0.2, -0.15) is 0 Å². The molecule has 0 saturated heterocycles. The highest BCUT2D eigenvalue weighted by atomic mass is 16.3. The Bertz CT molecular complexity index is 3550. The molecule has 61 heavy (non-hydrogen) atoms. The first kappa shape index (κ1) is 34.9. The van der Waals surface area contributed by atoms with E-state index in [9.17, 15) is 0 Å². The molecule has 2 heterocycles. The molecule has 286 valence electrons. The Morgan fingerprint density at radius 2 is 0.770 bits per heavy atom. The van der Waals surface area contributed by atoms with Crippen LogP contribution < -0.4 is 4.90 Å². The fourth-order valence-corrected chi connectivity index (χ4v) is 9.16. The van der Waals surface area contributed by atoms with E-state index in [0.717, 1.165) is 105 Å². The first-order chi connectivity index (χ1) is 30.2. The Labute approximate surface area is 353 Å². The maximum Gasteiger partial charge on any atom is 0.143 e. The van der Waals surface area contributed by atoms with E-state index in [2.05, 4.69) is 217 Å². The highest BCUT2D eigenvalue weighted by Gasteiger charge is 2.23. The molecule has 0 aliphatic carbocycles. The monoisotopic (exact) mass is 779 g/mol. The zero-order valence-electron chi connectivity index (χ0n) is 33.1. The fraction of sp³-hybridized carbons (Fsp3) is 0. The standard InChI is InChI=1S/C58H37NO2/c1-4-15-38(16-5-1)40-27-31-44(32-28-40)59(45-33-29-42(30-34-45)46-24-14-25-50-48-22-12-13-26-54(48)60-57(46)50)53-37-52-56-51(41-19-8-3-9-20-41)35-43(39-17-6-2-7-18-39)36-55(56)61-58(52)49-23-11-10-21-47(49)53/h1-37H. The van der Waals surface area contributed by atoms with Crippen molar-refractivity contribution in [3.05, 3.63) is 224 Å². The van der Waals surface area contributed by atoms with Crippen LogP contribution in [0.4, 0.5) is 17.1 Å². The normalized spacial score (nSPS) is 11.6. The number of nitrogens with zero attached hydrogens (tertiary/aromatic N) is 1. The van der Waals surface area contributed by atoms with Crippen LogP contribution in [0.2, 0.25) is 0 Å². The van der Waals surface area contributed by atoms with Gasteiger partial charge in [0.15, 0.2) is 0 Å². The number of fused-ring (bicyclic) bond motifs is 8. The van der Waals surface area contributed by atoms with Crippen LogP contribution in [0, 0.1) is 0 Å². The minimum Gasteiger partial charge on any atom is -0.455 e. The molecule has 12 rings (SSSR count). The van der Waals surface area contributed by atoms with Gasteiger partial charge in [0.05, 0.1) is 5.69 Å². The molecule has 0 unspecified atom stereocenters. The van der Waals surface area contributed by atoms with E-state index < -0.39 is 0 Å². The summed E-state index contributed by atoms with van der Waals surface area (Å²) >= 11 is 0. The minimum atomic E-state index is 0.861. The van der Waals surface area contributed by atoms with Crippen molar-refractivity contribution in [1.29, 1.82) is 0 Å². The molecule has 3 heteroatoms. The molecule has 3 nitrogen and oxygen atoms in total. The van der Waals surface area contributed by atoms with Crippen LogP contribution in [0.5, 0.6) is 0 Å². The van der Waals surface area contributed by atoms with Crippen molar-refractivity contribution in [2.24, 2.45) is 0 Å². The molecule has 0 atom stereocenters. The quantitative estimate of drug-likeness (QED) is 0.161. The third-order valence-corrected chi connectivity index (χ3v) is 12.1. The Hall–Kier alpha value is -8.14. The molecule has 0 fully saturated rings. The Morgan fingerprint density at radius 1 is 0.279 bits per heavy atom. The van der Waals surface area contributed by atoms with E-state index in [1.165, 1.54) is 11.1 Å². The lowest BCUT2D eigenvalue weighted by atomic mass is 9.93. The third kappa shape index (κ3) is 5.90. The lowest BCUT2D eigenvalue weighted by molar-refractivity contribution is 0.670. The average Bonchev–Trinajstić information content (AvgIpc) is 3.92. The Kier molecular flexibility index (Phi) is 8.17. The summed E-state index contributed by atoms with van der Waals surface area (Å²) in [5, 5.41) is 6.58. The van der Waals surface area contributed by atoms with E-state index in [1.54, 1.807) is 0 Å². The number of benzene rings is 10. The van der Waals surface area contributed by atoms with E-state index in [4.69, 9.17) is 8.83 Å². The lowest BCUT2D eigenvalue weighted by Gasteiger charge is -2.27. The van der Waals surface area contributed by atoms with Crippen LogP contribution in [-0.2, 0) is 0 Å². The zero-order chi connectivity index (χ0) is 40.3. The highest BCUT2D eigenvalue weighted by Crippen LogP contribution is 2.48. The van der Waals surface area contributed by atoms with Crippen LogP contribution in [0.3, 0.4) is 0 Å². The molecule has 12 aromatic rings. The van der Waals surface area contributed by atoms with Gasteiger partial charge in [-0.25, -0.2) is 0 Å². The Morgan fingerprint density at radius 3 is 1.46 bits per heavy atom. The molecule has 0 aliphatic rings. The second-order valence-electron chi connectivity index (χ2n) is 15.6. The van der Waals surface area contributed by atoms with Gasteiger partial charge in [-0.15, -0.1) is 0 Å². The van der Waals surface area contributed by atoms with Crippen LogP contribution >= 0.6 is 0 Å². The summed E-state index contributed by atoms with van der Waals surface area (Å²) in [4.78, 5) is 2.39. The molecule has 2 aromatic heterocycles. The molecular formula is C58H37NO2. The van der Waals surface area contributed by atoms with Gasteiger partial charge in [-0.05, 0) is 87.5 Å². The second kappa shape index (κ2) is 14.3. The molecular weight excluding hydrogens is 743 g/mol. The van der Waals surface area contributed by atoms with Crippen LogP contribution in [0.1, 0.15) is 0 Å². The number of hydrogen-bond donors (Lipinski definition) is 0. The van der Waals surface area contributed by atoms with Crippen molar-refractivity contribution >= 4 is 71.7 Å². The van der Waals surface area contributed by atoms with Gasteiger partial charge < -0.3 is 13.7 Å². The fourth-order valence-electron chi connectivity index (χ4n) is 9.16. The lowest BCUT2D eigenvalue weighted by Crippen LogP contribution is -2.10. The maximum atomic E-state index is 7.00. The SMILES string of the molecule is c1ccc(-c2ccc(N(c3ccc(-c4cccc5c4oc4ccccc45)cc3)c3cc4c(oc5cc(-c6ccccc6)cc(-c6ccccc6)c54)c4ccccc34)cc2)cc1. The molecule has 0 bridgehead atoms. The predicted molar refractivity (Wildman–Crippen MR) is 255 cm³/mol. The first-order valence-corrected chi connectivity index (χ1v) is 20.7. The maximum absolute atomic E-state index is 7.00. The minimum absolute atomic E-state index is 0.861. The van der Waals surface area contributed by atoms with Gasteiger partial charge in [0.25, 0.3) is 0 Å². The summed E-state index contributed by atoms with van der Waals surface area (Å²) < 4.78 is 13.5. The zero-order valence-corrected chi connectivity index (χ0v) is 33.1. The number of rotatable bonds is 7. The van der Waals surface area contributed by atoms with E-state index in [1.807, 2.05) is 12.1 Å². The van der Waals surface area contributed by atoms with E-state index in [-0.39, 0.29) is 0 Å².